The van der Waals surface area contributed by atoms with Crippen LogP contribution in [-0.4, -0.2) is 29.1 Å². The number of furan rings is 1. The van der Waals surface area contributed by atoms with Crippen molar-refractivity contribution in [1.82, 2.24) is 4.90 Å². The molecule has 0 radical (unpaired) electrons. The predicted molar refractivity (Wildman–Crippen MR) is 59.1 cm³/mol. The molecule has 1 aromatic heterocycles. The first-order valence-electron chi connectivity index (χ1n) is 5.63. The minimum absolute atomic E-state index is 0.285. The zero-order valence-corrected chi connectivity index (χ0v) is 9.48. The summed E-state index contributed by atoms with van der Waals surface area (Å²) in [6, 6.07) is 3.94. The summed E-state index contributed by atoms with van der Waals surface area (Å²) in [7, 11) is 0. The van der Waals surface area contributed by atoms with Gasteiger partial charge in [0.05, 0.1) is 6.54 Å². The van der Waals surface area contributed by atoms with Gasteiger partial charge in [-0.25, -0.2) is 0 Å². The Morgan fingerprint density at radius 3 is 3.06 bits per heavy atom. The number of aryl methyl sites for hydroxylation is 1. The van der Waals surface area contributed by atoms with Crippen molar-refractivity contribution in [2.45, 2.75) is 26.3 Å². The molecule has 2 heterocycles. The molecule has 0 spiro atoms. The van der Waals surface area contributed by atoms with Gasteiger partial charge in [0.2, 0.25) is 0 Å². The molecular weight excluding hydrogens is 206 g/mol. The zero-order valence-electron chi connectivity index (χ0n) is 9.48. The third-order valence-electron chi connectivity index (χ3n) is 3.01. The minimum atomic E-state index is -0.694. The van der Waals surface area contributed by atoms with Gasteiger partial charge in [-0.2, -0.15) is 0 Å². The fraction of sp³-hybridized carbons (Fsp3) is 0.583. The average molecular weight is 223 g/mol. The molecule has 1 aliphatic heterocycles. The average Bonchev–Trinajstić information content (AvgIpc) is 2.76. The van der Waals surface area contributed by atoms with Crippen molar-refractivity contribution in [3.05, 3.63) is 23.7 Å². The predicted octanol–water partition coefficient (Wildman–Crippen LogP) is 1.88. The Morgan fingerprint density at radius 1 is 1.62 bits per heavy atom. The van der Waals surface area contributed by atoms with E-state index in [2.05, 4.69) is 4.90 Å². The Bertz CT molecular complexity index is 372. The molecule has 88 valence electrons. The largest absolute Gasteiger partial charge is 0.481 e. The summed E-state index contributed by atoms with van der Waals surface area (Å²) in [5.41, 5.74) is 0. The number of hydrogen-bond donors (Lipinski definition) is 1. The maximum absolute atomic E-state index is 10.6. The molecule has 2 rings (SSSR count). The molecule has 1 saturated heterocycles. The number of nitrogens with zero attached hydrogens (tertiary/aromatic N) is 1. The lowest BCUT2D eigenvalue weighted by molar-refractivity contribution is -0.138. The molecule has 1 aliphatic rings. The molecule has 4 heteroatoms. The normalized spacial score (nSPS) is 21.4. The lowest BCUT2D eigenvalue weighted by Crippen LogP contribution is -2.20. The van der Waals surface area contributed by atoms with E-state index in [4.69, 9.17) is 9.52 Å². The van der Waals surface area contributed by atoms with Gasteiger partial charge in [0.15, 0.2) is 0 Å². The van der Waals surface area contributed by atoms with E-state index in [1.54, 1.807) is 0 Å². The molecule has 0 bridgehead atoms. The second-order valence-corrected chi connectivity index (χ2v) is 4.50. The number of rotatable bonds is 4. The molecule has 1 unspecified atom stereocenters. The first-order chi connectivity index (χ1) is 7.63. The van der Waals surface area contributed by atoms with E-state index in [1.807, 2.05) is 19.1 Å². The molecule has 0 aromatic carbocycles. The molecule has 0 saturated carbocycles. The fourth-order valence-corrected chi connectivity index (χ4v) is 2.26. The monoisotopic (exact) mass is 223 g/mol. The van der Waals surface area contributed by atoms with Gasteiger partial charge >= 0.3 is 5.97 Å². The Kier molecular flexibility index (Phi) is 3.29. The van der Waals surface area contributed by atoms with Crippen LogP contribution in [0.1, 0.15) is 24.4 Å². The molecular formula is C12H17NO3. The van der Waals surface area contributed by atoms with E-state index in [9.17, 15) is 4.79 Å². The van der Waals surface area contributed by atoms with E-state index in [1.165, 1.54) is 0 Å². The zero-order chi connectivity index (χ0) is 11.5. The number of likely N-dealkylation sites (tertiary alicyclic amines) is 1. The summed E-state index contributed by atoms with van der Waals surface area (Å²) < 4.78 is 5.50. The van der Waals surface area contributed by atoms with Crippen LogP contribution in [0, 0.1) is 12.8 Å². The van der Waals surface area contributed by atoms with Crippen molar-refractivity contribution in [1.29, 1.82) is 0 Å². The van der Waals surface area contributed by atoms with Gasteiger partial charge in [-0.15, -0.1) is 0 Å². The summed E-state index contributed by atoms with van der Waals surface area (Å²) in [4.78, 5) is 12.8. The quantitative estimate of drug-likeness (QED) is 0.846. The Balaban J connectivity index is 1.82. The van der Waals surface area contributed by atoms with Crippen molar-refractivity contribution >= 4 is 5.97 Å². The van der Waals surface area contributed by atoms with Gasteiger partial charge in [-0.05, 0) is 37.9 Å². The lowest BCUT2D eigenvalue weighted by Gasteiger charge is -2.13. The van der Waals surface area contributed by atoms with Gasteiger partial charge in [0.1, 0.15) is 11.5 Å². The second-order valence-electron chi connectivity index (χ2n) is 4.50. The topological polar surface area (TPSA) is 53.7 Å². The summed E-state index contributed by atoms with van der Waals surface area (Å²) in [6.45, 7) is 4.56. The highest BCUT2D eigenvalue weighted by Crippen LogP contribution is 2.21. The van der Waals surface area contributed by atoms with E-state index < -0.39 is 5.97 Å². The Morgan fingerprint density at radius 2 is 2.44 bits per heavy atom. The van der Waals surface area contributed by atoms with Gasteiger partial charge in [-0.1, -0.05) is 0 Å². The van der Waals surface area contributed by atoms with E-state index in [0.717, 1.165) is 37.6 Å². The van der Waals surface area contributed by atoms with Crippen LogP contribution < -0.4 is 0 Å². The maximum Gasteiger partial charge on any atom is 0.303 e. The highest BCUT2D eigenvalue weighted by Gasteiger charge is 2.24. The van der Waals surface area contributed by atoms with Crippen molar-refractivity contribution in [3.8, 4) is 0 Å². The lowest BCUT2D eigenvalue weighted by atomic mass is 10.1. The van der Waals surface area contributed by atoms with E-state index in [0.29, 0.717) is 5.92 Å². The molecule has 1 aromatic rings. The number of carbonyl (C=O) groups is 1. The van der Waals surface area contributed by atoms with Gasteiger partial charge in [0, 0.05) is 13.0 Å². The summed E-state index contributed by atoms with van der Waals surface area (Å²) in [5, 5.41) is 8.72. The highest BCUT2D eigenvalue weighted by atomic mass is 16.4. The minimum Gasteiger partial charge on any atom is -0.481 e. The Hall–Kier alpha value is -1.29. The molecule has 1 N–H and O–H groups in total. The molecule has 4 nitrogen and oxygen atoms in total. The van der Waals surface area contributed by atoms with Crippen LogP contribution >= 0.6 is 0 Å². The molecule has 1 fully saturated rings. The first-order valence-corrected chi connectivity index (χ1v) is 5.63. The standard InChI is InChI=1S/C12H17NO3/c1-9-2-3-11(16-9)8-13-5-4-10(7-13)6-12(14)15/h2-3,10H,4-8H2,1H3,(H,14,15). The summed E-state index contributed by atoms with van der Waals surface area (Å²) >= 11 is 0. The Labute approximate surface area is 94.9 Å². The van der Waals surface area contributed by atoms with E-state index in [-0.39, 0.29) is 6.42 Å². The summed E-state index contributed by atoms with van der Waals surface area (Å²) in [5.74, 6) is 1.50. The number of carboxylic acid groups (broad SMARTS) is 1. The van der Waals surface area contributed by atoms with Crippen LogP contribution in [-0.2, 0) is 11.3 Å². The van der Waals surface area contributed by atoms with Gasteiger partial charge in [-0.3, -0.25) is 9.69 Å². The number of aliphatic carboxylic acids is 1. The SMILES string of the molecule is Cc1ccc(CN2CCC(CC(=O)O)C2)o1. The maximum atomic E-state index is 10.6. The third-order valence-corrected chi connectivity index (χ3v) is 3.01. The van der Waals surface area contributed by atoms with Gasteiger partial charge in [0.25, 0.3) is 0 Å². The highest BCUT2D eigenvalue weighted by molar-refractivity contribution is 5.67. The molecule has 16 heavy (non-hydrogen) atoms. The number of carboxylic acids is 1. The number of hydrogen-bond acceptors (Lipinski definition) is 3. The second kappa shape index (κ2) is 4.70. The molecule has 1 atom stereocenters. The molecule has 0 amide bonds. The summed E-state index contributed by atoms with van der Waals surface area (Å²) in [6.07, 6.45) is 1.26. The van der Waals surface area contributed by atoms with Crippen LogP contribution in [0.25, 0.3) is 0 Å². The van der Waals surface area contributed by atoms with Crippen molar-refractivity contribution in [2.75, 3.05) is 13.1 Å². The van der Waals surface area contributed by atoms with Crippen LogP contribution in [0.5, 0.6) is 0 Å². The van der Waals surface area contributed by atoms with Crippen LogP contribution in [0.4, 0.5) is 0 Å². The van der Waals surface area contributed by atoms with Crippen molar-refractivity contribution in [3.63, 3.8) is 0 Å². The van der Waals surface area contributed by atoms with Crippen molar-refractivity contribution in [2.24, 2.45) is 5.92 Å². The van der Waals surface area contributed by atoms with Crippen LogP contribution in [0.15, 0.2) is 16.5 Å². The van der Waals surface area contributed by atoms with Gasteiger partial charge < -0.3 is 9.52 Å². The molecule has 0 aliphatic carbocycles. The fourth-order valence-electron chi connectivity index (χ4n) is 2.26. The smallest absolute Gasteiger partial charge is 0.303 e. The van der Waals surface area contributed by atoms with Crippen molar-refractivity contribution < 1.29 is 14.3 Å². The van der Waals surface area contributed by atoms with Crippen LogP contribution in [0.2, 0.25) is 0 Å². The first kappa shape index (κ1) is 11.2. The third kappa shape index (κ3) is 2.85. The van der Waals surface area contributed by atoms with E-state index >= 15 is 0 Å². The van der Waals surface area contributed by atoms with Crippen LogP contribution in [0.3, 0.4) is 0 Å².